The summed E-state index contributed by atoms with van der Waals surface area (Å²) in [6.07, 6.45) is 1.80. The minimum atomic E-state index is -0.299. The minimum absolute atomic E-state index is 0.144. The molecule has 0 fully saturated rings. The largest absolute Gasteiger partial charge is 0.463 e. The summed E-state index contributed by atoms with van der Waals surface area (Å²) < 4.78 is 5.70. The van der Waals surface area contributed by atoms with E-state index in [4.69, 9.17) is 4.74 Å². The molecular formula is C16H18N5O3S+. The molecule has 25 heavy (non-hydrogen) atoms. The van der Waals surface area contributed by atoms with E-state index in [0.29, 0.717) is 28.1 Å². The standard InChI is InChI=1S/C16H18N5O3S/c1-10(2)24-15(22)5-6-18-16-19-12-4-3-11(14-8-17-9-25-14)7-13(12)21(23)20-16/h3-4,7-10H,5-6H2,1-2H3,(H2,18,19,20,23)/q+1. The monoisotopic (exact) mass is 360 g/mol. The fourth-order valence-corrected chi connectivity index (χ4v) is 2.90. The van der Waals surface area contributed by atoms with Crippen molar-refractivity contribution in [2.24, 2.45) is 0 Å². The molecule has 0 amide bonds. The Morgan fingerprint density at radius 3 is 3.00 bits per heavy atom. The number of nitrogens with one attached hydrogen (secondary N) is 2. The summed E-state index contributed by atoms with van der Waals surface area (Å²) >= 11 is 1.50. The lowest BCUT2D eigenvalue weighted by Gasteiger charge is -2.07. The van der Waals surface area contributed by atoms with Gasteiger partial charge in [-0.15, -0.1) is 11.3 Å². The van der Waals surface area contributed by atoms with Crippen molar-refractivity contribution in [1.29, 1.82) is 0 Å². The van der Waals surface area contributed by atoms with E-state index in [1.165, 1.54) is 11.3 Å². The Morgan fingerprint density at radius 1 is 1.44 bits per heavy atom. The molecule has 8 nitrogen and oxygen atoms in total. The molecule has 9 heteroatoms. The predicted octanol–water partition coefficient (Wildman–Crippen LogP) is 2.35. The van der Waals surface area contributed by atoms with Crippen molar-refractivity contribution in [3.63, 3.8) is 0 Å². The zero-order valence-electron chi connectivity index (χ0n) is 13.9. The van der Waals surface area contributed by atoms with Crippen LogP contribution in [0.4, 0.5) is 5.95 Å². The highest BCUT2D eigenvalue weighted by atomic mass is 32.1. The second-order valence-electron chi connectivity index (χ2n) is 5.65. The molecule has 1 aromatic carbocycles. The first-order chi connectivity index (χ1) is 12.0. The highest BCUT2D eigenvalue weighted by Crippen LogP contribution is 2.25. The van der Waals surface area contributed by atoms with E-state index >= 15 is 0 Å². The number of thiazole rings is 1. The van der Waals surface area contributed by atoms with Crippen LogP contribution < -0.4 is 9.86 Å². The second kappa shape index (κ2) is 7.39. The van der Waals surface area contributed by atoms with Crippen molar-refractivity contribution in [3.05, 3.63) is 34.8 Å². The molecule has 2 heterocycles. The van der Waals surface area contributed by atoms with E-state index in [0.717, 1.165) is 10.4 Å². The van der Waals surface area contributed by atoms with Gasteiger partial charge in [0.2, 0.25) is 0 Å². The molecule has 130 valence electrons. The third-order valence-corrected chi connectivity index (χ3v) is 4.16. The molecule has 0 saturated carbocycles. The number of carbonyl (C=O) groups is 1. The van der Waals surface area contributed by atoms with Crippen LogP contribution in [-0.2, 0) is 9.53 Å². The molecule has 0 bridgehead atoms. The van der Waals surface area contributed by atoms with Gasteiger partial charge in [0.1, 0.15) is 5.52 Å². The van der Waals surface area contributed by atoms with E-state index < -0.39 is 0 Å². The first kappa shape index (κ1) is 17.0. The SMILES string of the molecule is CC(C)OC(=O)CCNc1nc2ccc(-c3cncs3)cc2[n+](=O)[nH]1. The van der Waals surface area contributed by atoms with E-state index in [1.807, 2.05) is 6.07 Å². The third-order valence-electron chi connectivity index (χ3n) is 3.34. The van der Waals surface area contributed by atoms with Gasteiger partial charge in [0.05, 0.1) is 27.8 Å². The average Bonchev–Trinajstić information content (AvgIpc) is 3.08. The maximum Gasteiger partial charge on any atom is 0.318 e. The predicted molar refractivity (Wildman–Crippen MR) is 94.9 cm³/mol. The number of aromatic nitrogens is 4. The lowest BCUT2D eigenvalue weighted by atomic mass is 10.2. The number of ether oxygens (including phenoxy) is 1. The van der Waals surface area contributed by atoms with Gasteiger partial charge in [-0.05, 0) is 19.9 Å². The Bertz CT molecular complexity index is 937. The summed E-state index contributed by atoms with van der Waals surface area (Å²) in [6.45, 7) is 3.91. The van der Waals surface area contributed by atoms with Gasteiger partial charge in [0.25, 0.3) is 5.95 Å². The molecule has 0 radical (unpaired) electrons. The number of anilines is 1. The topological polar surface area (TPSA) is 103 Å². The molecule has 0 aliphatic heterocycles. The van der Waals surface area contributed by atoms with Gasteiger partial charge in [-0.25, -0.2) is 4.98 Å². The number of nitrogens with zero attached hydrogens (tertiary/aromatic N) is 3. The maximum atomic E-state index is 12.2. The Kier molecular flexibility index (Phi) is 5.03. The van der Waals surface area contributed by atoms with E-state index in [-0.39, 0.29) is 18.5 Å². The van der Waals surface area contributed by atoms with Gasteiger partial charge in [-0.3, -0.25) is 9.78 Å². The first-order valence-corrected chi connectivity index (χ1v) is 8.70. The molecule has 0 spiro atoms. The summed E-state index contributed by atoms with van der Waals surface area (Å²) in [6, 6.07) is 5.45. The summed E-state index contributed by atoms with van der Waals surface area (Å²) in [5.74, 6) is -0.00197. The van der Waals surface area contributed by atoms with E-state index in [2.05, 4.69) is 20.4 Å². The Balaban J connectivity index is 1.75. The fraction of sp³-hybridized carbons (Fsp3) is 0.312. The highest BCUT2D eigenvalue weighted by molar-refractivity contribution is 7.13. The second-order valence-corrected chi connectivity index (χ2v) is 6.54. The zero-order chi connectivity index (χ0) is 17.8. The lowest BCUT2D eigenvalue weighted by molar-refractivity contribution is -0.535. The smallest absolute Gasteiger partial charge is 0.318 e. The number of esters is 1. The Labute approximate surface area is 147 Å². The molecular weight excluding hydrogens is 342 g/mol. The molecule has 0 aliphatic rings. The molecule has 3 aromatic rings. The average molecular weight is 360 g/mol. The number of aromatic amines is 1. The van der Waals surface area contributed by atoms with Crippen LogP contribution in [0.1, 0.15) is 20.3 Å². The number of carbonyl (C=O) groups excluding carboxylic acids is 1. The molecule has 0 atom stereocenters. The molecule has 2 aromatic heterocycles. The van der Waals surface area contributed by atoms with Crippen LogP contribution in [0.25, 0.3) is 21.5 Å². The van der Waals surface area contributed by atoms with Crippen LogP contribution >= 0.6 is 11.3 Å². The number of H-pyrrole nitrogens is 1. The van der Waals surface area contributed by atoms with Crippen molar-refractivity contribution >= 4 is 34.3 Å². The molecule has 3 rings (SSSR count). The Morgan fingerprint density at radius 2 is 2.28 bits per heavy atom. The summed E-state index contributed by atoms with van der Waals surface area (Å²) in [7, 11) is 0. The van der Waals surface area contributed by atoms with Crippen LogP contribution in [0.15, 0.2) is 29.9 Å². The highest BCUT2D eigenvalue weighted by Gasteiger charge is 2.14. The summed E-state index contributed by atoms with van der Waals surface area (Å²) in [5, 5.41) is 5.54. The van der Waals surface area contributed by atoms with Crippen LogP contribution in [0.5, 0.6) is 0 Å². The van der Waals surface area contributed by atoms with Gasteiger partial charge in [0, 0.05) is 24.4 Å². The number of hydrogen-bond acceptors (Lipinski definition) is 7. The van der Waals surface area contributed by atoms with Gasteiger partial charge < -0.3 is 10.1 Å². The van der Waals surface area contributed by atoms with Crippen LogP contribution in [0.2, 0.25) is 0 Å². The quantitative estimate of drug-likeness (QED) is 0.517. The van der Waals surface area contributed by atoms with Gasteiger partial charge >= 0.3 is 11.5 Å². The minimum Gasteiger partial charge on any atom is -0.463 e. The van der Waals surface area contributed by atoms with Gasteiger partial charge in [-0.1, -0.05) is 11.2 Å². The Hall–Kier alpha value is -2.81. The van der Waals surface area contributed by atoms with Gasteiger partial charge in [0.15, 0.2) is 4.54 Å². The molecule has 0 saturated heterocycles. The fourth-order valence-electron chi connectivity index (χ4n) is 2.28. The molecule has 0 aliphatic carbocycles. The van der Waals surface area contributed by atoms with Crippen molar-refractivity contribution in [2.45, 2.75) is 26.4 Å². The van der Waals surface area contributed by atoms with Crippen molar-refractivity contribution < 1.29 is 14.1 Å². The summed E-state index contributed by atoms with van der Waals surface area (Å²) in [4.78, 5) is 33.1. The van der Waals surface area contributed by atoms with Crippen molar-refractivity contribution in [2.75, 3.05) is 11.9 Å². The zero-order valence-corrected chi connectivity index (χ0v) is 14.7. The molecule has 2 N–H and O–H groups in total. The van der Waals surface area contributed by atoms with Crippen molar-refractivity contribution in [1.82, 2.24) is 15.1 Å². The number of fused-ring (bicyclic) bond motifs is 1. The summed E-state index contributed by atoms with van der Waals surface area (Å²) in [5.41, 5.74) is 3.63. The van der Waals surface area contributed by atoms with Gasteiger partial charge in [-0.2, -0.15) is 0 Å². The maximum absolute atomic E-state index is 12.2. The first-order valence-electron chi connectivity index (χ1n) is 7.82. The van der Waals surface area contributed by atoms with Crippen molar-refractivity contribution in [3.8, 4) is 10.4 Å². The third kappa shape index (κ3) is 4.18. The number of hydrogen-bond donors (Lipinski definition) is 2. The number of benzene rings is 1. The lowest BCUT2D eigenvalue weighted by Crippen LogP contribution is -2.24. The van der Waals surface area contributed by atoms with Crippen LogP contribution in [-0.4, -0.2) is 33.7 Å². The van der Waals surface area contributed by atoms with Crippen LogP contribution in [0, 0.1) is 4.91 Å². The normalized spacial score (nSPS) is 11.0. The van der Waals surface area contributed by atoms with E-state index in [1.54, 1.807) is 37.7 Å². The van der Waals surface area contributed by atoms with E-state index in [9.17, 15) is 9.70 Å². The van der Waals surface area contributed by atoms with Crippen LogP contribution in [0.3, 0.4) is 0 Å². The molecule has 0 unspecified atom stereocenters. The number of rotatable bonds is 6.